The third-order valence-electron chi connectivity index (χ3n) is 2.48. The molecule has 88 valence electrons. The summed E-state index contributed by atoms with van der Waals surface area (Å²) >= 11 is 1.61. The molecule has 0 atom stereocenters. The van der Waals surface area contributed by atoms with Crippen LogP contribution in [-0.2, 0) is 6.54 Å². The Morgan fingerprint density at radius 2 is 1.82 bits per heavy atom. The van der Waals surface area contributed by atoms with Gasteiger partial charge in [0.15, 0.2) is 0 Å². The quantitative estimate of drug-likeness (QED) is 0.894. The topological polar surface area (TPSA) is 26.0 Å². The van der Waals surface area contributed by atoms with E-state index < -0.39 is 0 Å². The first-order valence-electron chi connectivity index (χ1n) is 5.42. The largest absolute Gasteiger partial charge is 0.326 e. The second-order valence-corrected chi connectivity index (χ2v) is 4.99. The zero-order chi connectivity index (χ0) is 12.3. The minimum Gasteiger partial charge on any atom is -0.326 e. The molecule has 17 heavy (non-hydrogen) atoms. The van der Waals surface area contributed by atoms with Gasteiger partial charge in [-0.05, 0) is 42.8 Å². The van der Waals surface area contributed by atoms with Crippen LogP contribution in [0.3, 0.4) is 0 Å². The van der Waals surface area contributed by atoms with Gasteiger partial charge in [-0.15, -0.1) is 0 Å². The Labute approximate surface area is 105 Å². The van der Waals surface area contributed by atoms with Gasteiger partial charge >= 0.3 is 0 Å². The van der Waals surface area contributed by atoms with Crippen LogP contribution in [-0.4, -0.2) is 0 Å². The highest BCUT2D eigenvalue weighted by molar-refractivity contribution is 7.99. The van der Waals surface area contributed by atoms with Crippen LogP contribution >= 0.6 is 11.8 Å². The van der Waals surface area contributed by atoms with Crippen LogP contribution in [0.1, 0.15) is 11.1 Å². The molecular weight excluding hydrogens is 233 g/mol. The lowest BCUT2D eigenvalue weighted by atomic mass is 10.1. The molecule has 0 heterocycles. The maximum absolute atomic E-state index is 12.8. The maximum Gasteiger partial charge on any atom is 0.123 e. The monoisotopic (exact) mass is 247 g/mol. The Bertz CT molecular complexity index is 508. The van der Waals surface area contributed by atoms with Crippen molar-refractivity contribution in [2.45, 2.75) is 23.3 Å². The van der Waals surface area contributed by atoms with Gasteiger partial charge in [-0.25, -0.2) is 4.39 Å². The van der Waals surface area contributed by atoms with E-state index in [-0.39, 0.29) is 5.82 Å². The number of aryl methyl sites for hydroxylation is 1. The summed E-state index contributed by atoms with van der Waals surface area (Å²) in [5.74, 6) is -0.211. The van der Waals surface area contributed by atoms with E-state index in [1.165, 1.54) is 17.7 Å². The van der Waals surface area contributed by atoms with E-state index in [0.29, 0.717) is 6.54 Å². The number of halogens is 1. The molecule has 0 saturated carbocycles. The molecule has 0 aliphatic carbocycles. The van der Waals surface area contributed by atoms with E-state index in [0.717, 1.165) is 15.4 Å². The first-order chi connectivity index (χ1) is 8.19. The lowest BCUT2D eigenvalue weighted by molar-refractivity contribution is 0.626. The summed E-state index contributed by atoms with van der Waals surface area (Å²) in [6.45, 7) is 2.57. The smallest absolute Gasteiger partial charge is 0.123 e. The van der Waals surface area contributed by atoms with Gasteiger partial charge in [-0.2, -0.15) is 0 Å². The van der Waals surface area contributed by atoms with Crippen molar-refractivity contribution in [3.05, 3.63) is 59.4 Å². The zero-order valence-corrected chi connectivity index (χ0v) is 10.4. The van der Waals surface area contributed by atoms with Crippen LogP contribution in [0, 0.1) is 12.7 Å². The second kappa shape index (κ2) is 5.34. The predicted molar refractivity (Wildman–Crippen MR) is 69.6 cm³/mol. The van der Waals surface area contributed by atoms with Crippen molar-refractivity contribution in [3.8, 4) is 0 Å². The lowest BCUT2D eigenvalue weighted by Crippen LogP contribution is -1.98. The maximum atomic E-state index is 12.8. The molecule has 0 aromatic heterocycles. The summed E-state index contributed by atoms with van der Waals surface area (Å²) in [5, 5.41) is 0. The van der Waals surface area contributed by atoms with Crippen LogP contribution in [0.15, 0.2) is 52.3 Å². The average molecular weight is 247 g/mol. The summed E-state index contributed by atoms with van der Waals surface area (Å²) in [6.07, 6.45) is 0. The predicted octanol–water partition coefficient (Wildman–Crippen LogP) is 3.74. The molecule has 3 heteroatoms. The Morgan fingerprint density at radius 3 is 2.47 bits per heavy atom. The van der Waals surface area contributed by atoms with Crippen LogP contribution in [0.25, 0.3) is 0 Å². The fourth-order valence-corrected chi connectivity index (χ4v) is 2.53. The molecule has 2 aromatic rings. The number of hydrogen-bond donors (Lipinski definition) is 1. The Hall–Kier alpha value is -1.32. The third kappa shape index (κ3) is 3.08. The molecular formula is C14H14FNS. The summed E-state index contributed by atoms with van der Waals surface area (Å²) in [6, 6.07) is 12.7. The van der Waals surface area contributed by atoms with E-state index in [4.69, 9.17) is 5.73 Å². The molecule has 0 aliphatic rings. The molecule has 0 amide bonds. The molecule has 2 aromatic carbocycles. The van der Waals surface area contributed by atoms with Crippen molar-refractivity contribution in [2.24, 2.45) is 5.73 Å². The first kappa shape index (κ1) is 12.1. The van der Waals surface area contributed by atoms with Crippen molar-refractivity contribution in [1.29, 1.82) is 0 Å². The Balaban J connectivity index is 2.26. The normalized spacial score (nSPS) is 10.5. The van der Waals surface area contributed by atoms with E-state index in [1.807, 2.05) is 6.92 Å². The molecule has 0 aliphatic heterocycles. The highest BCUT2D eigenvalue weighted by atomic mass is 32.2. The molecule has 1 nitrogen and oxygen atoms in total. The Kier molecular flexibility index (Phi) is 3.82. The summed E-state index contributed by atoms with van der Waals surface area (Å²) in [4.78, 5) is 2.15. The number of rotatable bonds is 3. The van der Waals surface area contributed by atoms with Gasteiger partial charge in [-0.1, -0.05) is 29.5 Å². The molecule has 0 saturated heterocycles. The van der Waals surface area contributed by atoms with E-state index >= 15 is 0 Å². The van der Waals surface area contributed by atoms with Gasteiger partial charge < -0.3 is 5.73 Å². The summed E-state index contributed by atoms with van der Waals surface area (Å²) in [5.41, 5.74) is 8.05. The van der Waals surface area contributed by atoms with Gasteiger partial charge in [0.25, 0.3) is 0 Å². The molecule has 2 rings (SSSR count). The summed E-state index contributed by atoms with van der Waals surface area (Å²) in [7, 11) is 0. The second-order valence-electron chi connectivity index (χ2n) is 3.87. The van der Waals surface area contributed by atoms with Crippen molar-refractivity contribution in [1.82, 2.24) is 0 Å². The molecule has 0 radical (unpaired) electrons. The number of nitrogens with two attached hydrogens (primary N) is 1. The van der Waals surface area contributed by atoms with Gasteiger partial charge in [0.1, 0.15) is 5.82 Å². The minimum absolute atomic E-state index is 0.211. The average Bonchev–Trinajstić information content (AvgIpc) is 2.34. The first-order valence-corrected chi connectivity index (χ1v) is 6.23. The SMILES string of the molecule is Cc1ccc(Sc2ccc(F)cc2)c(CN)c1. The van der Waals surface area contributed by atoms with E-state index in [9.17, 15) is 4.39 Å². The van der Waals surface area contributed by atoms with Crippen molar-refractivity contribution < 1.29 is 4.39 Å². The molecule has 0 bridgehead atoms. The molecule has 2 N–H and O–H groups in total. The lowest BCUT2D eigenvalue weighted by Gasteiger charge is -2.08. The number of hydrogen-bond acceptors (Lipinski definition) is 2. The minimum atomic E-state index is -0.211. The van der Waals surface area contributed by atoms with Crippen LogP contribution in [0.5, 0.6) is 0 Å². The van der Waals surface area contributed by atoms with Gasteiger partial charge in [0.05, 0.1) is 0 Å². The van der Waals surface area contributed by atoms with Crippen LogP contribution < -0.4 is 5.73 Å². The van der Waals surface area contributed by atoms with Crippen LogP contribution in [0.4, 0.5) is 4.39 Å². The highest BCUT2D eigenvalue weighted by Gasteiger charge is 2.03. The fraction of sp³-hybridized carbons (Fsp3) is 0.143. The molecule has 0 fully saturated rings. The van der Waals surface area contributed by atoms with Crippen molar-refractivity contribution in [3.63, 3.8) is 0 Å². The Morgan fingerprint density at radius 1 is 1.12 bits per heavy atom. The third-order valence-corrected chi connectivity index (χ3v) is 3.60. The van der Waals surface area contributed by atoms with Gasteiger partial charge in [0.2, 0.25) is 0 Å². The summed E-state index contributed by atoms with van der Waals surface area (Å²) < 4.78 is 12.8. The molecule has 0 unspecified atom stereocenters. The van der Waals surface area contributed by atoms with E-state index in [2.05, 4.69) is 18.2 Å². The molecule has 0 spiro atoms. The van der Waals surface area contributed by atoms with Crippen molar-refractivity contribution in [2.75, 3.05) is 0 Å². The van der Waals surface area contributed by atoms with Gasteiger partial charge in [0, 0.05) is 16.3 Å². The number of benzene rings is 2. The van der Waals surface area contributed by atoms with Crippen molar-refractivity contribution >= 4 is 11.8 Å². The van der Waals surface area contributed by atoms with Crippen LogP contribution in [0.2, 0.25) is 0 Å². The van der Waals surface area contributed by atoms with Gasteiger partial charge in [-0.3, -0.25) is 0 Å². The zero-order valence-electron chi connectivity index (χ0n) is 9.61. The fourth-order valence-electron chi connectivity index (χ4n) is 1.60. The van der Waals surface area contributed by atoms with E-state index in [1.54, 1.807) is 23.9 Å². The standard InChI is InChI=1S/C14H14FNS/c1-10-2-7-14(11(8-10)9-16)17-13-5-3-12(15)4-6-13/h2-8H,9,16H2,1H3. The highest BCUT2D eigenvalue weighted by Crippen LogP contribution is 2.30.